The highest BCUT2D eigenvalue weighted by Crippen LogP contribution is 2.21. The van der Waals surface area contributed by atoms with Gasteiger partial charge in [-0.05, 0) is 37.1 Å². The van der Waals surface area contributed by atoms with Gasteiger partial charge >= 0.3 is 0 Å². The molecule has 0 amide bonds. The number of carbonyl (C=O) groups is 1. The van der Waals surface area contributed by atoms with E-state index in [2.05, 4.69) is 16.4 Å². The molecule has 0 saturated heterocycles. The van der Waals surface area contributed by atoms with Gasteiger partial charge in [0.25, 0.3) is 0 Å². The Hall–Kier alpha value is -2.16. The van der Waals surface area contributed by atoms with Crippen LogP contribution in [0.4, 0.5) is 5.69 Å². The molecule has 2 aromatic rings. The van der Waals surface area contributed by atoms with Crippen molar-refractivity contribution in [3.63, 3.8) is 0 Å². The molecule has 1 N–H and O–H groups in total. The van der Waals surface area contributed by atoms with E-state index < -0.39 is 0 Å². The van der Waals surface area contributed by atoms with Gasteiger partial charge in [-0.2, -0.15) is 0 Å². The molecule has 3 nitrogen and oxygen atoms in total. The SMILES string of the molecule is O=C1C=C(Nc2ccc3ncccc3c2)CCC1. The second kappa shape index (κ2) is 4.61. The molecule has 0 saturated carbocycles. The normalized spacial score (nSPS) is 15.6. The first-order valence-electron chi connectivity index (χ1n) is 6.16. The van der Waals surface area contributed by atoms with Gasteiger partial charge in [0.1, 0.15) is 0 Å². The molecule has 1 heterocycles. The first-order valence-corrected chi connectivity index (χ1v) is 6.16. The van der Waals surface area contributed by atoms with Gasteiger partial charge in [-0.15, -0.1) is 0 Å². The summed E-state index contributed by atoms with van der Waals surface area (Å²) in [7, 11) is 0. The van der Waals surface area contributed by atoms with E-state index in [1.807, 2.05) is 24.3 Å². The number of nitrogens with one attached hydrogen (secondary N) is 1. The largest absolute Gasteiger partial charge is 0.359 e. The van der Waals surface area contributed by atoms with Gasteiger partial charge in [0, 0.05) is 35.5 Å². The summed E-state index contributed by atoms with van der Waals surface area (Å²) < 4.78 is 0. The summed E-state index contributed by atoms with van der Waals surface area (Å²) in [6.07, 6.45) is 6.06. The molecule has 1 aromatic carbocycles. The molecule has 1 aliphatic rings. The van der Waals surface area contributed by atoms with Crippen LogP contribution in [-0.4, -0.2) is 10.8 Å². The maximum atomic E-state index is 11.3. The predicted octanol–water partition coefficient (Wildman–Crippen LogP) is 3.28. The zero-order valence-corrected chi connectivity index (χ0v) is 10.0. The molecule has 90 valence electrons. The highest BCUT2D eigenvalue weighted by Gasteiger charge is 2.09. The second-order valence-electron chi connectivity index (χ2n) is 4.53. The predicted molar refractivity (Wildman–Crippen MR) is 72.3 cm³/mol. The van der Waals surface area contributed by atoms with E-state index in [4.69, 9.17) is 0 Å². The zero-order valence-electron chi connectivity index (χ0n) is 10.0. The van der Waals surface area contributed by atoms with Gasteiger partial charge in [-0.1, -0.05) is 6.07 Å². The van der Waals surface area contributed by atoms with Gasteiger partial charge in [0.2, 0.25) is 0 Å². The van der Waals surface area contributed by atoms with Crippen molar-refractivity contribution in [2.24, 2.45) is 0 Å². The zero-order chi connectivity index (χ0) is 12.4. The summed E-state index contributed by atoms with van der Waals surface area (Å²) in [5.74, 6) is 0.214. The number of hydrogen-bond donors (Lipinski definition) is 1. The Kier molecular flexibility index (Phi) is 2.81. The van der Waals surface area contributed by atoms with Crippen molar-refractivity contribution in [3.05, 3.63) is 48.3 Å². The van der Waals surface area contributed by atoms with E-state index in [0.29, 0.717) is 6.42 Å². The van der Waals surface area contributed by atoms with Crippen molar-refractivity contribution in [1.82, 2.24) is 4.98 Å². The van der Waals surface area contributed by atoms with Gasteiger partial charge in [-0.25, -0.2) is 0 Å². The molecule has 0 fully saturated rings. The number of pyridine rings is 1. The summed E-state index contributed by atoms with van der Waals surface area (Å²) in [6.45, 7) is 0. The number of carbonyl (C=O) groups excluding carboxylic acids is 1. The van der Waals surface area contributed by atoms with Crippen LogP contribution in [0.15, 0.2) is 48.3 Å². The van der Waals surface area contributed by atoms with Crippen molar-refractivity contribution in [1.29, 1.82) is 0 Å². The van der Waals surface area contributed by atoms with Crippen LogP contribution in [-0.2, 0) is 4.79 Å². The second-order valence-corrected chi connectivity index (χ2v) is 4.53. The standard InChI is InChI=1S/C15H14N2O/c18-14-5-1-4-12(10-14)17-13-6-7-15-11(9-13)3-2-8-16-15/h2-3,6-10,17H,1,4-5H2. The fourth-order valence-electron chi connectivity index (χ4n) is 2.23. The van der Waals surface area contributed by atoms with E-state index in [1.54, 1.807) is 12.3 Å². The monoisotopic (exact) mass is 238 g/mol. The maximum absolute atomic E-state index is 11.3. The molecule has 0 aliphatic heterocycles. The Morgan fingerprint density at radius 1 is 1.17 bits per heavy atom. The molecule has 0 bridgehead atoms. The van der Waals surface area contributed by atoms with Crippen molar-refractivity contribution < 1.29 is 4.79 Å². The molecule has 1 aromatic heterocycles. The Labute approximate surface area is 106 Å². The summed E-state index contributed by atoms with van der Waals surface area (Å²) in [5, 5.41) is 4.42. The van der Waals surface area contributed by atoms with Crippen LogP contribution < -0.4 is 5.32 Å². The minimum atomic E-state index is 0.214. The number of anilines is 1. The third-order valence-electron chi connectivity index (χ3n) is 3.11. The number of hydrogen-bond acceptors (Lipinski definition) is 3. The van der Waals surface area contributed by atoms with E-state index in [1.165, 1.54) is 0 Å². The smallest absolute Gasteiger partial charge is 0.157 e. The van der Waals surface area contributed by atoms with Crippen molar-refractivity contribution in [2.75, 3.05) is 5.32 Å². The van der Waals surface area contributed by atoms with Crippen molar-refractivity contribution in [2.45, 2.75) is 19.3 Å². The molecule has 0 radical (unpaired) electrons. The van der Waals surface area contributed by atoms with Crippen LogP contribution >= 0.6 is 0 Å². The third-order valence-corrected chi connectivity index (χ3v) is 3.11. The van der Waals surface area contributed by atoms with Gasteiger partial charge in [-0.3, -0.25) is 9.78 Å². The lowest BCUT2D eigenvalue weighted by Gasteiger charge is -2.14. The number of allylic oxidation sites excluding steroid dienone is 2. The number of ketones is 1. The van der Waals surface area contributed by atoms with Gasteiger partial charge in [0.05, 0.1) is 5.52 Å². The van der Waals surface area contributed by atoms with Crippen LogP contribution in [0.5, 0.6) is 0 Å². The lowest BCUT2D eigenvalue weighted by atomic mass is 10.0. The van der Waals surface area contributed by atoms with Crippen LogP contribution in [0.25, 0.3) is 10.9 Å². The Bertz CT molecular complexity index is 631. The van der Waals surface area contributed by atoms with Gasteiger partial charge in [0.15, 0.2) is 5.78 Å². The topological polar surface area (TPSA) is 42.0 Å². The Morgan fingerprint density at radius 3 is 3.00 bits per heavy atom. The van der Waals surface area contributed by atoms with E-state index in [0.717, 1.165) is 35.1 Å². The number of rotatable bonds is 2. The number of benzene rings is 1. The maximum Gasteiger partial charge on any atom is 0.157 e. The van der Waals surface area contributed by atoms with Crippen molar-refractivity contribution in [3.8, 4) is 0 Å². The summed E-state index contributed by atoms with van der Waals surface area (Å²) >= 11 is 0. The fraction of sp³-hybridized carbons (Fsp3) is 0.200. The lowest BCUT2D eigenvalue weighted by molar-refractivity contribution is -0.115. The van der Waals surface area contributed by atoms with E-state index in [-0.39, 0.29) is 5.78 Å². The molecule has 0 atom stereocenters. The molecule has 3 rings (SSSR count). The molecule has 0 unspecified atom stereocenters. The van der Waals surface area contributed by atoms with Gasteiger partial charge < -0.3 is 5.32 Å². The highest BCUT2D eigenvalue weighted by molar-refractivity contribution is 5.92. The van der Waals surface area contributed by atoms with Crippen LogP contribution in [0.2, 0.25) is 0 Å². The average molecular weight is 238 g/mol. The lowest BCUT2D eigenvalue weighted by Crippen LogP contribution is -2.09. The fourth-order valence-corrected chi connectivity index (χ4v) is 2.23. The quantitative estimate of drug-likeness (QED) is 0.873. The number of nitrogens with zero attached hydrogens (tertiary/aromatic N) is 1. The van der Waals surface area contributed by atoms with E-state index >= 15 is 0 Å². The minimum Gasteiger partial charge on any atom is -0.359 e. The van der Waals surface area contributed by atoms with Crippen LogP contribution in [0.3, 0.4) is 0 Å². The number of fused-ring (bicyclic) bond motifs is 1. The summed E-state index contributed by atoms with van der Waals surface area (Å²) in [6, 6.07) is 10.0. The van der Waals surface area contributed by atoms with Crippen molar-refractivity contribution >= 4 is 22.4 Å². The first kappa shape index (κ1) is 11.0. The molecular formula is C15H14N2O. The average Bonchev–Trinajstić information content (AvgIpc) is 2.39. The van der Waals surface area contributed by atoms with E-state index in [9.17, 15) is 4.79 Å². The summed E-state index contributed by atoms with van der Waals surface area (Å²) in [4.78, 5) is 15.6. The molecule has 18 heavy (non-hydrogen) atoms. The first-order chi connectivity index (χ1) is 8.81. The van der Waals surface area contributed by atoms with Crippen LogP contribution in [0.1, 0.15) is 19.3 Å². The van der Waals surface area contributed by atoms with Crippen LogP contribution in [0, 0.1) is 0 Å². The third kappa shape index (κ3) is 2.25. The number of aromatic nitrogens is 1. The molecular weight excluding hydrogens is 224 g/mol. The molecule has 0 spiro atoms. The summed E-state index contributed by atoms with van der Waals surface area (Å²) in [5.41, 5.74) is 3.00. The molecule has 3 heteroatoms. The Balaban J connectivity index is 1.88. The Morgan fingerprint density at radius 2 is 2.11 bits per heavy atom. The highest BCUT2D eigenvalue weighted by atomic mass is 16.1. The molecule has 1 aliphatic carbocycles. The minimum absolute atomic E-state index is 0.214.